The summed E-state index contributed by atoms with van der Waals surface area (Å²) < 4.78 is 5.08. The Hall–Kier alpha value is -2.33. The lowest BCUT2D eigenvalue weighted by molar-refractivity contribution is 0.126. The van der Waals surface area contributed by atoms with Gasteiger partial charge in [0.05, 0.1) is 12.6 Å². The van der Waals surface area contributed by atoms with E-state index in [1.54, 1.807) is 0 Å². The second kappa shape index (κ2) is 7.45. The predicted molar refractivity (Wildman–Crippen MR) is 80.8 cm³/mol. The van der Waals surface area contributed by atoms with E-state index in [4.69, 9.17) is 4.74 Å². The zero-order chi connectivity index (χ0) is 15.1. The molecule has 0 heterocycles. The van der Waals surface area contributed by atoms with Crippen molar-refractivity contribution >= 4 is 6.09 Å². The number of aliphatic hydroxyl groups excluding tert-OH is 1. The summed E-state index contributed by atoms with van der Waals surface area (Å²) in [6, 6.07) is 17.0. The molecule has 0 aliphatic heterocycles. The van der Waals surface area contributed by atoms with Crippen LogP contribution in [0.4, 0.5) is 4.79 Å². The number of rotatable bonds is 5. The molecular formula is C17H19NO3. The fourth-order valence-corrected chi connectivity index (χ4v) is 2.02. The fraction of sp³-hybridized carbons (Fsp3) is 0.235. The summed E-state index contributed by atoms with van der Waals surface area (Å²) in [6.07, 6.45) is -1.28. The molecule has 0 aliphatic carbocycles. The first kappa shape index (κ1) is 15.1. The number of benzene rings is 2. The van der Waals surface area contributed by atoms with Gasteiger partial charge in [-0.2, -0.15) is 0 Å². The molecule has 2 aromatic rings. The number of hydrogen-bond acceptors (Lipinski definition) is 3. The largest absolute Gasteiger partial charge is 0.445 e. The summed E-state index contributed by atoms with van der Waals surface area (Å²) in [7, 11) is 0. The van der Waals surface area contributed by atoms with Gasteiger partial charge in [-0.25, -0.2) is 4.79 Å². The molecule has 2 aromatic carbocycles. The molecule has 0 radical (unpaired) electrons. The first-order valence-corrected chi connectivity index (χ1v) is 6.85. The van der Waals surface area contributed by atoms with Crippen molar-refractivity contribution in [1.29, 1.82) is 0 Å². The third-order valence-electron chi connectivity index (χ3n) is 3.20. The Morgan fingerprint density at radius 1 is 1.14 bits per heavy atom. The third kappa shape index (κ3) is 4.61. The summed E-state index contributed by atoms with van der Waals surface area (Å²) in [5.41, 5.74) is 2.72. The molecule has 2 rings (SSSR count). The van der Waals surface area contributed by atoms with E-state index in [1.807, 2.05) is 61.5 Å². The van der Waals surface area contributed by atoms with Crippen LogP contribution in [0.3, 0.4) is 0 Å². The van der Waals surface area contributed by atoms with Gasteiger partial charge in [0.2, 0.25) is 0 Å². The number of carbonyl (C=O) groups excluding carboxylic acids is 1. The van der Waals surface area contributed by atoms with Crippen LogP contribution in [0.2, 0.25) is 0 Å². The monoisotopic (exact) mass is 285 g/mol. The molecular weight excluding hydrogens is 266 g/mol. The third-order valence-corrected chi connectivity index (χ3v) is 3.20. The molecule has 0 saturated heterocycles. The maximum absolute atomic E-state index is 11.6. The number of ether oxygens (including phenoxy) is 1. The van der Waals surface area contributed by atoms with Crippen LogP contribution < -0.4 is 5.32 Å². The molecule has 0 saturated carbocycles. The van der Waals surface area contributed by atoms with E-state index >= 15 is 0 Å². The van der Waals surface area contributed by atoms with Crippen LogP contribution >= 0.6 is 0 Å². The number of carbonyl (C=O) groups is 1. The number of nitrogens with one attached hydrogen (secondary N) is 1. The number of amides is 1. The van der Waals surface area contributed by atoms with Gasteiger partial charge in [-0.3, -0.25) is 0 Å². The van der Waals surface area contributed by atoms with Crippen molar-refractivity contribution in [2.45, 2.75) is 19.6 Å². The Kier molecular flexibility index (Phi) is 5.35. The summed E-state index contributed by atoms with van der Waals surface area (Å²) in [4.78, 5) is 11.6. The van der Waals surface area contributed by atoms with E-state index in [-0.39, 0.29) is 13.2 Å². The van der Waals surface area contributed by atoms with E-state index in [9.17, 15) is 9.90 Å². The highest BCUT2D eigenvalue weighted by Gasteiger charge is 2.11. The van der Waals surface area contributed by atoms with Crippen molar-refractivity contribution < 1.29 is 14.6 Å². The SMILES string of the molecule is Cc1ccccc1C(O)CNC(=O)OCc1ccccc1. The first-order chi connectivity index (χ1) is 10.2. The first-order valence-electron chi connectivity index (χ1n) is 6.85. The molecule has 0 aliphatic rings. The van der Waals surface area contributed by atoms with Gasteiger partial charge >= 0.3 is 6.09 Å². The van der Waals surface area contributed by atoms with E-state index < -0.39 is 12.2 Å². The quantitative estimate of drug-likeness (QED) is 0.888. The smallest absolute Gasteiger partial charge is 0.407 e. The van der Waals surface area contributed by atoms with Gasteiger partial charge in [0.1, 0.15) is 6.61 Å². The Bertz CT molecular complexity index is 584. The molecule has 1 amide bonds. The maximum atomic E-state index is 11.6. The van der Waals surface area contributed by atoms with Crippen LogP contribution in [0.1, 0.15) is 22.8 Å². The van der Waals surface area contributed by atoms with Crippen molar-refractivity contribution in [3.63, 3.8) is 0 Å². The van der Waals surface area contributed by atoms with Gasteiger partial charge in [-0.1, -0.05) is 54.6 Å². The van der Waals surface area contributed by atoms with Crippen LogP contribution in [-0.2, 0) is 11.3 Å². The van der Waals surface area contributed by atoms with Gasteiger partial charge in [-0.05, 0) is 23.6 Å². The lowest BCUT2D eigenvalue weighted by atomic mass is 10.0. The van der Waals surface area contributed by atoms with Crippen molar-refractivity contribution in [2.24, 2.45) is 0 Å². The zero-order valence-electron chi connectivity index (χ0n) is 12.0. The van der Waals surface area contributed by atoms with E-state index in [0.29, 0.717) is 0 Å². The average Bonchev–Trinajstić information content (AvgIpc) is 2.52. The Balaban J connectivity index is 1.77. The van der Waals surface area contributed by atoms with E-state index in [0.717, 1.165) is 16.7 Å². The second-order valence-corrected chi connectivity index (χ2v) is 4.82. The normalized spacial score (nSPS) is 11.7. The number of alkyl carbamates (subject to hydrolysis) is 1. The van der Waals surface area contributed by atoms with Gasteiger partial charge in [-0.15, -0.1) is 0 Å². The molecule has 1 unspecified atom stereocenters. The summed E-state index contributed by atoms with van der Waals surface area (Å²) >= 11 is 0. The maximum Gasteiger partial charge on any atom is 0.407 e. The van der Waals surface area contributed by atoms with Crippen LogP contribution in [-0.4, -0.2) is 17.7 Å². The van der Waals surface area contributed by atoms with E-state index in [2.05, 4.69) is 5.32 Å². The minimum atomic E-state index is -0.740. The second-order valence-electron chi connectivity index (χ2n) is 4.82. The summed E-state index contributed by atoms with van der Waals surface area (Å²) in [5.74, 6) is 0. The highest BCUT2D eigenvalue weighted by molar-refractivity contribution is 5.67. The molecule has 0 aromatic heterocycles. The average molecular weight is 285 g/mol. The molecule has 4 heteroatoms. The van der Waals surface area contributed by atoms with Crippen molar-refractivity contribution in [3.05, 3.63) is 71.3 Å². The van der Waals surface area contributed by atoms with E-state index in [1.165, 1.54) is 0 Å². The molecule has 110 valence electrons. The lowest BCUT2D eigenvalue weighted by Crippen LogP contribution is -2.29. The summed E-state index contributed by atoms with van der Waals surface area (Å²) in [5, 5.41) is 12.6. The van der Waals surface area contributed by atoms with Crippen LogP contribution in [0.15, 0.2) is 54.6 Å². The minimum absolute atomic E-state index is 0.123. The molecule has 1 atom stereocenters. The fourth-order valence-electron chi connectivity index (χ4n) is 2.02. The highest BCUT2D eigenvalue weighted by atomic mass is 16.5. The predicted octanol–water partition coefficient (Wildman–Crippen LogP) is 2.95. The van der Waals surface area contributed by atoms with Crippen LogP contribution in [0.25, 0.3) is 0 Å². The Morgan fingerprint density at radius 2 is 1.81 bits per heavy atom. The van der Waals surface area contributed by atoms with Gasteiger partial charge < -0.3 is 15.2 Å². The standard InChI is InChI=1S/C17H19NO3/c1-13-7-5-6-10-15(13)16(19)11-18-17(20)21-12-14-8-3-2-4-9-14/h2-10,16,19H,11-12H2,1H3,(H,18,20). The Labute approximate surface area is 124 Å². The molecule has 21 heavy (non-hydrogen) atoms. The summed E-state index contributed by atoms with van der Waals surface area (Å²) in [6.45, 7) is 2.26. The topological polar surface area (TPSA) is 58.6 Å². The molecule has 2 N–H and O–H groups in total. The molecule has 4 nitrogen and oxygen atoms in total. The zero-order valence-corrected chi connectivity index (χ0v) is 12.0. The van der Waals surface area contributed by atoms with Gasteiger partial charge in [0, 0.05) is 0 Å². The van der Waals surface area contributed by atoms with Gasteiger partial charge in [0.25, 0.3) is 0 Å². The van der Waals surface area contributed by atoms with Crippen LogP contribution in [0.5, 0.6) is 0 Å². The minimum Gasteiger partial charge on any atom is -0.445 e. The highest BCUT2D eigenvalue weighted by Crippen LogP contribution is 2.16. The Morgan fingerprint density at radius 3 is 2.52 bits per heavy atom. The number of aryl methyl sites for hydroxylation is 1. The molecule has 0 spiro atoms. The molecule has 0 fully saturated rings. The van der Waals surface area contributed by atoms with Crippen molar-refractivity contribution in [2.75, 3.05) is 6.54 Å². The molecule has 0 bridgehead atoms. The van der Waals surface area contributed by atoms with Crippen molar-refractivity contribution in [1.82, 2.24) is 5.32 Å². The van der Waals surface area contributed by atoms with Gasteiger partial charge in [0.15, 0.2) is 0 Å². The number of hydrogen-bond donors (Lipinski definition) is 2. The van der Waals surface area contributed by atoms with Crippen molar-refractivity contribution in [3.8, 4) is 0 Å². The lowest BCUT2D eigenvalue weighted by Gasteiger charge is -2.14. The van der Waals surface area contributed by atoms with Crippen LogP contribution in [0, 0.1) is 6.92 Å². The number of aliphatic hydroxyl groups is 1.